The van der Waals surface area contributed by atoms with Gasteiger partial charge in [0.1, 0.15) is 8.64 Å². The maximum Gasteiger partial charge on any atom is 0.337 e. The molecule has 3 saturated heterocycles. The molecule has 2 aromatic rings. The minimum Gasteiger partial charge on any atom is -0.465 e. The van der Waals surface area contributed by atoms with Gasteiger partial charge in [-0.05, 0) is 54.0 Å². The van der Waals surface area contributed by atoms with Crippen LogP contribution in [0, 0.1) is 0 Å². The van der Waals surface area contributed by atoms with E-state index in [1.54, 1.807) is 60.7 Å². The first kappa shape index (κ1) is 40.8. The van der Waals surface area contributed by atoms with Gasteiger partial charge in [0, 0.05) is 65.2 Å². The number of nitrogens with zero attached hydrogens (tertiary/aromatic N) is 4. The maximum absolute atomic E-state index is 13.0. The van der Waals surface area contributed by atoms with Gasteiger partial charge in [-0.15, -0.1) is 0 Å². The predicted molar refractivity (Wildman–Crippen MR) is 215 cm³/mol. The van der Waals surface area contributed by atoms with Crippen molar-refractivity contribution in [3.63, 3.8) is 0 Å². The number of piperazine rings is 1. The van der Waals surface area contributed by atoms with Crippen LogP contribution in [0.5, 0.6) is 0 Å². The molecule has 0 unspecified atom stereocenters. The van der Waals surface area contributed by atoms with Crippen molar-refractivity contribution >= 4 is 104 Å². The lowest BCUT2D eigenvalue weighted by atomic mass is 10.1. The van der Waals surface area contributed by atoms with Crippen LogP contribution in [0.25, 0.3) is 12.2 Å². The number of thioether (sulfide) groups is 2. The lowest BCUT2D eigenvalue weighted by molar-refractivity contribution is -0.133. The number of esters is 2. The van der Waals surface area contributed by atoms with Crippen molar-refractivity contribution in [2.45, 2.75) is 19.3 Å². The fraction of sp³-hybridized carbons (Fsp3) is 0.351. The molecule has 1 N–H and O–H groups in total. The molecule has 0 bridgehead atoms. The number of nitrogens with one attached hydrogen (secondary N) is 1. The molecule has 0 aliphatic carbocycles. The van der Waals surface area contributed by atoms with E-state index >= 15 is 0 Å². The van der Waals surface area contributed by atoms with Gasteiger partial charge in [-0.2, -0.15) is 0 Å². The van der Waals surface area contributed by atoms with Gasteiger partial charge in [-0.3, -0.25) is 33.9 Å². The number of methoxy groups -OCH3 is 2. The highest BCUT2D eigenvalue weighted by molar-refractivity contribution is 8.27. The molecule has 3 fully saturated rings. The molecule has 0 radical (unpaired) electrons. The third-order valence-electron chi connectivity index (χ3n) is 8.82. The Morgan fingerprint density at radius 3 is 1.67 bits per heavy atom. The van der Waals surface area contributed by atoms with Gasteiger partial charge in [0.25, 0.3) is 11.8 Å². The van der Waals surface area contributed by atoms with Crippen molar-refractivity contribution in [3.05, 3.63) is 80.6 Å². The number of ether oxygens (including phenoxy) is 2. The van der Waals surface area contributed by atoms with Crippen LogP contribution in [-0.2, 0) is 28.7 Å². The lowest BCUT2D eigenvalue weighted by Crippen LogP contribution is -2.50. The van der Waals surface area contributed by atoms with E-state index in [0.717, 1.165) is 11.1 Å². The Bertz CT molecular complexity index is 1870. The summed E-state index contributed by atoms with van der Waals surface area (Å²) in [6, 6.07) is 13.4. The number of rotatable bonds is 14. The summed E-state index contributed by atoms with van der Waals surface area (Å²) in [4.78, 5) is 82.7. The minimum absolute atomic E-state index is 0.0247. The van der Waals surface area contributed by atoms with Gasteiger partial charge >= 0.3 is 11.9 Å². The molecule has 0 atom stereocenters. The maximum atomic E-state index is 13.0. The zero-order valence-electron chi connectivity index (χ0n) is 29.7. The Morgan fingerprint density at radius 2 is 1.19 bits per heavy atom. The molecule has 5 rings (SSSR count). The summed E-state index contributed by atoms with van der Waals surface area (Å²) in [7, 11) is 2.63. The van der Waals surface area contributed by atoms with E-state index in [-0.39, 0.29) is 36.6 Å². The molecule has 54 heavy (non-hydrogen) atoms. The third-order valence-corrected chi connectivity index (χ3v) is 11.6. The summed E-state index contributed by atoms with van der Waals surface area (Å²) >= 11 is 13.2. The Hall–Kier alpha value is -4.42. The fourth-order valence-electron chi connectivity index (χ4n) is 5.78. The number of carbonyl (C=O) groups is 6. The highest BCUT2D eigenvalue weighted by Gasteiger charge is 2.33. The smallest absolute Gasteiger partial charge is 0.337 e. The zero-order valence-corrected chi connectivity index (χ0v) is 33.0. The van der Waals surface area contributed by atoms with E-state index in [9.17, 15) is 28.8 Å². The van der Waals surface area contributed by atoms with E-state index in [0.29, 0.717) is 88.2 Å². The number of carbonyl (C=O) groups excluding carboxylic acids is 6. The van der Waals surface area contributed by atoms with Crippen LogP contribution < -0.4 is 5.32 Å². The SMILES string of the molecule is COC(=O)c1ccc(C=C2SC(=S)N(CCCC(=O)N3CCN(CCNC(=O)CCN4C(=O)C(=Cc5ccc(C(=O)OC)cc5)SC4=S)CC3)C2=O)cc1. The van der Waals surface area contributed by atoms with Crippen molar-refractivity contribution in [1.29, 1.82) is 0 Å². The molecule has 17 heteroatoms. The Kier molecular flexibility index (Phi) is 14.5. The van der Waals surface area contributed by atoms with Crippen LogP contribution in [0.3, 0.4) is 0 Å². The van der Waals surface area contributed by atoms with E-state index in [4.69, 9.17) is 33.9 Å². The fourth-order valence-corrected chi connectivity index (χ4v) is 8.39. The van der Waals surface area contributed by atoms with Gasteiger partial charge in [-0.1, -0.05) is 72.2 Å². The van der Waals surface area contributed by atoms with Crippen LogP contribution in [0.2, 0.25) is 0 Å². The molecule has 0 aromatic heterocycles. The second kappa shape index (κ2) is 19.3. The average molecular weight is 810 g/mol. The van der Waals surface area contributed by atoms with Crippen LogP contribution >= 0.6 is 48.0 Å². The summed E-state index contributed by atoms with van der Waals surface area (Å²) in [5, 5.41) is 2.91. The number of hydrogen-bond donors (Lipinski definition) is 1. The van der Waals surface area contributed by atoms with Crippen molar-refractivity contribution in [3.8, 4) is 0 Å². The van der Waals surface area contributed by atoms with Crippen molar-refractivity contribution in [2.24, 2.45) is 0 Å². The molecule has 284 valence electrons. The van der Waals surface area contributed by atoms with Crippen molar-refractivity contribution in [1.82, 2.24) is 24.9 Å². The largest absolute Gasteiger partial charge is 0.465 e. The molecule has 0 saturated carbocycles. The minimum atomic E-state index is -0.443. The molecule has 4 amide bonds. The van der Waals surface area contributed by atoms with Gasteiger partial charge in [0.2, 0.25) is 11.8 Å². The van der Waals surface area contributed by atoms with Crippen molar-refractivity contribution in [2.75, 3.05) is 66.6 Å². The molecule has 3 aliphatic heterocycles. The summed E-state index contributed by atoms with van der Waals surface area (Å²) in [5.41, 5.74) is 2.32. The van der Waals surface area contributed by atoms with E-state index in [1.165, 1.54) is 47.5 Å². The second-order valence-electron chi connectivity index (χ2n) is 12.3. The summed E-state index contributed by atoms with van der Waals surface area (Å²) in [6.45, 7) is 4.07. The molecular formula is C37H39N5O8S4. The van der Waals surface area contributed by atoms with Crippen molar-refractivity contribution < 1.29 is 38.2 Å². The lowest BCUT2D eigenvalue weighted by Gasteiger charge is -2.35. The topological polar surface area (TPSA) is 146 Å². The van der Waals surface area contributed by atoms with Gasteiger partial charge < -0.3 is 19.7 Å². The normalized spacial score (nSPS) is 17.9. The Morgan fingerprint density at radius 1 is 0.704 bits per heavy atom. The van der Waals surface area contributed by atoms with E-state index in [2.05, 4.69) is 10.2 Å². The van der Waals surface area contributed by atoms with Gasteiger partial charge in [0.05, 0.1) is 35.2 Å². The second-order valence-corrected chi connectivity index (χ2v) is 15.7. The summed E-state index contributed by atoms with van der Waals surface area (Å²) in [6.07, 6.45) is 4.31. The zero-order chi connectivity index (χ0) is 38.8. The summed E-state index contributed by atoms with van der Waals surface area (Å²) < 4.78 is 10.3. The number of benzene rings is 2. The van der Waals surface area contributed by atoms with Crippen LogP contribution in [0.1, 0.15) is 51.1 Å². The predicted octanol–water partition coefficient (Wildman–Crippen LogP) is 3.79. The van der Waals surface area contributed by atoms with Gasteiger partial charge in [-0.25, -0.2) is 9.59 Å². The van der Waals surface area contributed by atoms with Crippen LogP contribution in [0.15, 0.2) is 58.3 Å². The van der Waals surface area contributed by atoms with E-state index in [1.807, 2.05) is 4.90 Å². The molecular weight excluding hydrogens is 771 g/mol. The number of hydrogen-bond acceptors (Lipinski definition) is 13. The first-order valence-electron chi connectivity index (χ1n) is 17.1. The Balaban J connectivity index is 0.960. The molecule has 3 aliphatic rings. The molecule has 0 spiro atoms. The van der Waals surface area contributed by atoms with Gasteiger partial charge in [0.15, 0.2) is 0 Å². The quantitative estimate of drug-likeness (QED) is 0.168. The third kappa shape index (κ3) is 10.6. The molecule has 13 nitrogen and oxygen atoms in total. The molecule has 3 heterocycles. The van der Waals surface area contributed by atoms with Crippen LogP contribution in [-0.4, -0.2) is 130 Å². The average Bonchev–Trinajstić information content (AvgIpc) is 3.60. The first-order valence-corrected chi connectivity index (χ1v) is 19.6. The Labute approximate surface area is 332 Å². The van der Waals surface area contributed by atoms with E-state index < -0.39 is 11.9 Å². The number of amides is 4. The molecule has 2 aromatic carbocycles. The highest BCUT2D eigenvalue weighted by Crippen LogP contribution is 2.34. The standard InChI is InChI=1S/C37H39N5O8S4/c1-49-34(47)26-9-5-24(6-10-26)22-28-32(45)41(36(51)53-28)15-3-4-31(44)40-20-18-39(19-21-40)17-14-38-30(43)13-16-42-33(46)29(54-37(42)52)23-25-7-11-27(12-8-25)35(48)50-2/h5-12,22-23H,3-4,13-21H2,1-2H3,(H,38,43). The monoisotopic (exact) mass is 809 g/mol. The highest BCUT2D eigenvalue weighted by atomic mass is 32.2. The van der Waals surface area contributed by atoms with Crippen LogP contribution in [0.4, 0.5) is 0 Å². The number of thiocarbonyl (C=S) groups is 2. The summed E-state index contributed by atoms with van der Waals surface area (Å²) in [5.74, 6) is -1.51. The first-order chi connectivity index (χ1) is 26.0.